The first-order valence-electron chi connectivity index (χ1n) is 7.36. The second kappa shape index (κ2) is 8.71. The number of nitrogens with zero attached hydrogens (tertiary/aromatic N) is 3. The van der Waals surface area contributed by atoms with Gasteiger partial charge >= 0.3 is 0 Å². The van der Waals surface area contributed by atoms with Crippen LogP contribution in [0.4, 0.5) is 0 Å². The fraction of sp³-hybridized carbons (Fsp3) is 0.375. The van der Waals surface area contributed by atoms with Crippen molar-refractivity contribution in [2.24, 2.45) is 4.99 Å². The first-order valence-corrected chi connectivity index (χ1v) is 7.36. The Hall–Kier alpha value is -2.50. The fourth-order valence-electron chi connectivity index (χ4n) is 2.06. The first-order chi connectivity index (χ1) is 10.8. The number of aliphatic imine (C=N–C) groups is 1. The molecule has 1 aromatic carbocycles. The molecule has 2 aromatic rings. The van der Waals surface area contributed by atoms with E-state index in [1.807, 2.05) is 29.1 Å². The minimum Gasteiger partial charge on any atom is -0.497 e. The normalized spacial score (nSPS) is 11.3. The summed E-state index contributed by atoms with van der Waals surface area (Å²) >= 11 is 0. The van der Waals surface area contributed by atoms with Crippen molar-refractivity contribution in [3.8, 4) is 5.75 Å². The van der Waals surface area contributed by atoms with Gasteiger partial charge in [-0.3, -0.25) is 9.67 Å². The molecule has 118 valence electrons. The van der Waals surface area contributed by atoms with E-state index in [2.05, 4.69) is 32.9 Å². The molecule has 1 aromatic heterocycles. The van der Waals surface area contributed by atoms with Gasteiger partial charge in [-0.05, 0) is 30.2 Å². The summed E-state index contributed by atoms with van der Waals surface area (Å²) in [7, 11) is 3.45. The highest BCUT2D eigenvalue weighted by Crippen LogP contribution is 2.11. The van der Waals surface area contributed by atoms with Crippen LogP contribution in [-0.4, -0.2) is 43.0 Å². The summed E-state index contributed by atoms with van der Waals surface area (Å²) in [6, 6.07) is 10.0. The van der Waals surface area contributed by atoms with Gasteiger partial charge in [0, 0.05) is 32.5 Å². The second-order valence-electron chi connectivity index (χ2n) is 4.79. The maximum absolute atomic E-state index is 5.15. The molecule has 0 spiro atoms. The quantitative estimate of drug-likeness (QED) is 0.598. The molecule has 0 saturated carbocycles. The molecule has 22 heavy (non-hydrogen) atoms. The van der Waals surface area contributed by atoms with Crippen LogP contribution in [0.25, 0.3) is 0 Å². The highest BCUT2D eigenvalue weighted by molar-refractivity contribution is 5.79. The molecule has 0 unspecified atom stereocenters. The maximum atomic E-state index is 5.15. The summed E-state index contributed by atoms with van der Waals surface area (Å²) in [5.74, 6) is 1.69. The Morgan fingerprint density at radius 3 is 2.64 bits per heavy atom. The van der Waals surface area contributed by atoms with Crippen molar-refractivity contribution in [3.05, 3.63) is 48.3 Å². The Morgan fingerprint density at radius 2 is 2.00 bits per heavy atom. The molecule has 0 bridgehead atoms. The van der Waals surface area contributed by atoms with E-state index < -0.39 is 0 Å². The molecule has 0 atom stereocenters. The summed E-state index contributed by atoms with van der Waals surface area (Å²) in [6.45, 7) is 2.42. The number of ether oxygens (including phenoxy) is 1. The molecule has 2 rings (SSSR count). The lowest BCUT2D eigenvalue weighted by Crippen LogP contribution is -2.39. The third-order valence-corrected chi connectivity index (χ3v) is 3.28. The predicted molar refractivity (Wildman–Crippen MR) is 88.3 cm³/mol. The minimum atomic E-state index is 0.782. The Kier molecular flexibility index (Phi) is 6.29. The Morgan fingerprint density at radius 1 is 1.23 bits per heavy atom. The third kappa shape index (κ3) is 5.12. The van der Waals surface area contributed by atoms with Crippen molar-refractivity contribution in [1.82, 2.24) is 20.4 Å². The van der Waals surface area contributed by atoms with Crippen LogP contribution < -0.4 is 15.4 Å². The van der Waals surface area contributed by atoms with Gasteiger partial charge in [-0.25, -0.2) is 0 Å². The van der Waals surface area contributed by atoms with E-state index in [0.717, 1.165) is 37.8 Å². The highest BCUT2D eigenvalue weighted by atomic mass is 16.5. The van der Waals surface area contributed by atoms with Crippen molar-refractivity contribution >= 4 is 5.96 Å². The van der Waals surface area contributed by atoms with Crippen molar-refractivity contribution in [2.75, 3.05) is 27.2 Å². The summed E-state index contributed by atoms with van der Waals surface area (Å²) in [4.78, 5) is 4.21. The van der Waals surface area contributed by atoms with Crippen LogP contribution in [0.2, 0.25) is 0 Å². The van der Waals surface area contributed by atoms with Gasteiger partial charge in [0.25, 0.3) is 0 Å². The highest BCUT2D eigenvalue weighted by Gasteiger charge is 1.99. The predicted octanol–water partition coefficient (Wildman–Crippen LogP) is 1.30. The number of nitrogens with one attached hydrogen (secondary N) is 2. The number of guanidine groups is 1. The van der Waals surface area contributed by atoms with Gasteiger partial charge in [-0.1, -0.05) is 12.1 Å². The van der Waals surface area contributed by atoms with Crippen LogP contribution in [0, 0.1) is 0 Å². The van der Waals surface area contributed by atoms with Crippen LogP contribution in [0.1, 0.15) is 5.56 Å². The van der Waals surface area contributed by atoms with Gasteiger partial charge in [0.1, 0.15) is 5.75 Å². The summed E-state index contributed by atoms with van der Waals surface area (Å²) in [5.41, 5.74) is 1.26. The van der Waals surface area contributed by atoms with E-state index in [1.165, 1.54) is 5.56 Å². The van der Waals surface area contributed by atoms with Crippen molar-refractivity contribution in [3.63, 3.8) is 0 Å². The maximum Gasteiger partial charge on any atom is 0.191 e. The van der Waals surface area contributed by atoms with Crippen molar-refractivity contribution in [2.45, 2.75) is 13.0 Å². The zero-order valence-electron chi connectivity index (χ0n) is 13.1. The van der Waals surface area contributed by atoms with Gasteiger partial charge in [0.05, 0.1) is 13.7 Å². The van der Waals surface area contributed by atoms with Gasteiger partial charge in [-0.2, -0.15) is 5.10 Å². The molecule has 0 aliphatic carbocycles. The van der Waals surface area contributed by atoms with Crippen LogP contribution in [0.15, 0.2) is 47.7 Å². The molecule has 0 saturated heterocycles. The summed E-state index contributed by atoms with van der Waals surface area (Å²) in [6.07, 6.45) is 4.66. The molecule has 2 N–H and O–H groups in total. The molecular formula is C16H23N5O. The lowest BCUT2D eigenvalue weighted by molar-refractivity contribution is 0.414. The molecule has 0 amide bonds. The lowest BCUT2D eigenvalue weighted by Gasteiger charge is -2.12. The number of hydrogen-bond acceptors (Lipinski definition) is 3. The number of benzene rings is 1. The van der Waals surface area contributed by atoms with Crippen LogP contribution in [0.3, 0.4) is 0 Å². The SMILES string of the molecule is CN=C(NCCc1ccc(OC)cc1)NCCn1cccn1. The van der Waals surface area contributed by atoms with Crippen LogP contribution in [-0.2, 0) is 13.0 Å². The average molecular weight is 301 g/mol. The van der Waals surface area contributed by atoms with Crippen molar-refractivity contribution < 1.29 is 4.74 Å². The molecule has 6 heteroatoms. The van der Waals surface area contributed by atoms with Gasteiger partial charge in [0.2, 0.25) is 0 Å². The molecule has 0 fully saturated rings. The summed E-state index contributed by atoms with van der Waals surface area (Å²) < 4.78 is 7.04. The summed E-state index contributed by atoms with van der Waals surface area (Å²) in [5, 5.41) is 10.7. The molecule has 6 nitrogen and oxygen atoms in total. The Labute approximate surface area is 131 Å². The number of rotatable bonds is 7. The van der Waals surface area contributed by atoms with Crippen LogP contribution in [0.5, 0.6) is 5.75 Å². The smallest absolute Gasteiger partial charge is 0.191 e. The fourth-order valence-corrected chi connectivity index (χ4v) is 2.06. The van der Waals surface area contributed by atoms with E-state index in [0.29, 0.717) is 0 Å². The number of aromatic nitrogens is 2. The van der Waals surface area contributed by atoms with E-state index in [9.17, 15) is 0 Å². The first kappa shape index (κ1) is 15.9. The average Bonchev–Trinajstić information content (AvgIpc) is 3.07. The number of hydrogen-bond donors (Lipinski definition) is 2. The van der Waals surface area contributed by atoms with Gasteiger partial charge in [0.15, 0.2) is 5.96 Å². The zero-order valence-corrected chi connectivity index (χ0v) is 13.1. The molecule has 1 heterocycles. The zero-order chi connectivity index (χ0) is 15.6. The molecule has 0 radical (unpaired) electrons. The van der Waals surface area contributed by atoms with Gasteiger partial charge < -0.3 is 15.4 Å². The number of methoxy groups -OCH3 is 1. The van der Waals surface area contributed by atoms with Crippen LogP contribution >= 0.6 is 0 Å². The lowest BCUT2D eigenvalue weighted by atomic mass is 10.1. The monoisotopic (exact) mass is 301 g/mol. The Balaban J connectivity index is 1.67. The third-order valence-electron chi connectivity index (χ3n) is 3.28. The largest absolute Gasteiger partial charge is 0.497 e. The molecule has 0 aliphatic heterocycles. The Bertz CT molecular complexity index is 563. The topological polar surface area (TPSA) is 63.5 Å². The van der Waals surface area contributed by atoms with E-state index in [-0.39, 0.29) is 0 Å². The van der Waals surface area contributed by atoms with E-state index in [1.54, 1.807) is 20.4 Å². The van der Waals surface area contributed by atoms with Crippen molar-refractivity contribution in [1.29, 1.82) is 0 Å². The standard InChI is InChI=1S/C16H23N5O/c1-17-16(19-11-13-21-12-3-9-20-21)18-10-8-14-4-6-15(22-2)7-5-14/h3-7,9,12H,8,10-11,13H2,1-2H3,(H2,17,18,19). The molecular weight excluding hydrogens is 278 g/mol. The van der Waals surface area contributed by atoms with E-state index in [4.69, 9.17) is 4.74 Å². The van der Waals surface area contributed by atoms with Gasteiger partial charge in [-0.15, -0.1) is 0 Å². The van der Waals surface area contributed by atoms with E-state index >= 15 is 0 Å². The second-order valence-corrected chi connectivity index (χ2v) is 4.79. The molecule has 0 aliphatic rings. The minimum absolute atomic E-state index is 0.782.